The van der Waals surface area contributed by atoms with E-state index < -0.39 is 63.6 Å². The number of benzene rings is 4. The van der Waals surface area contributed by atoms with Gasteiger partial charge in [-0.05, 0) is 123 Å². The standard InChI is InChI=1S/C34H46ClFN2O6Si.C29H46BNO7Si.C11H12BrClFNO/c1-21(2)29(20-44-45(8,9)34(3,4)5)38-19-26(33(40)42-7)32(39)25-16-22(30(41-6)18-28(25)38)14-23-15-24(17-27(35)31(23)36)37-10-12-43-13-11-37;1-18(2)23(17-36-39(12,13)27(3,4)5)31-16-20(26(33)35-11)25(32)19-14-21(24(34-10)15-22(19)31)30-37-28(6,7)29(8,9)38-30;12-7-8-5-9(6-10(13)11(8)14)15-1-3-16-4-2-15/h15-19,21,29H,10-14,20H2,1-9H3;14-16,18,23H,17H2,1-13H3;5-6H,1-4,7H2/t29-;23-;/m11./s1. The predicted molar refractivity (Wildman–Crippen MR) is 406 cm³/mol. The summed E-state index contributed by atoms with van der Waals surface area (Å²) in [6, 6.07) is 13.6. The van der Waals surface area contributed by atoms with Crippen molar-refractivity contribution in [3.05, 3.63) is 131 Å². The third-order valence-corrected chi connectivity index (χ3v) is 30.8. The van der Waals surface area contributed by atoms with Crippen LogP contribution >= 0.6 is 39.1 Å². The number of carbonyl (C=O) groups is 2. The number of pyridine rings is 2. The van der Waals surface area contributed by atoms with Crippen LogP contribution in [0.4, 0.5) is 20.2 Å². The molecule has 0 amide bonds. The summed E-state index contributed by atoms with van der Waals surface area (Å²) in [5.74, 6) is -1.02. The lowest BCUT2D eigenvalue weighted by atomic mass is 9.77. The Labute approximate surface area is 610 Å². The Bertz CT molecular complexity index is 4020. The Balaban J connectivity index is 0.000000232. The number of hydrogen-bond acceptors (Lipinski definition) is 16. The number of methoxy groups -OCH3 is 4. The molecular formula is C74H104BBrCl2F2N4O14Si2. The minimum atomic E-state index is -2.11. The molecule has 3 aliphatic rings. The van der Waals surface area contributed by atoms with Crippen LogP contribution in [0.5, 0.6) is 11.5 Å². The van der Waals surface area contributed by atoms with Crippen molar-refractivity contribution in [1.29, 1.82) is 0 Å². The highest BCUT2D eigenvalue weighted by Gasteiger charge is 2.53. The van der Waals surface area contributed by atoms with Crippen molar-refractivity contribution < 1.29 is 65.0 Å². The Hall–Kier alpha value is -5.38. The Morgan fingerprint density at radius 1 is 0.590 bits per heavy atom. The monoisotopic (exact) mass is 1530 g/mol. The SMILES string of the molecule is COC(=O)c1cn([C@H](CO[Si](C)(C)C(C)(C)C)C(C)C)c2cc(OC)c(B3OC(C)(C)C(C)(C)O3)cc2c1=O.COC(=O)c1cn([C@H](CO[Si](C)(C)C(C)(C)C)C(C)C)c2cc(OC)c(Cc3cc(N4CCOCC4)cc(Cl)c3F)cc2c1=O.Fc1c(Cl)cc(N2CCOCC2)cc1CBr. The van der Waals surface area contributed by atoms with Crippen LogP contribution in [0.2, 0.25) is 46.3 Å². The third kappa shape index (κ3) is 18.4. The first-order chi connectivity index (χ1) is 46.6. The van der Waals surface area contributed by atoms with E-state index in [1.54, 1.807) is 63.0 Å². The molecule has 5 heterocycles. The van der Waals surface area contributed by atoms with E-state index in [1.165, 1.54) is 14.2 Å². The molecule has 0 aliphatic carbocycles. The van der Waals surface area contributed by atoms with Gasteiger partial charge in [-0.3, -0.25) is 9.59 Å². The number of ether oxygens (including phenoxy) is 6. The molecule has 4 aromatic carbocycles. The number of rotatable bonds is 20. The summed E-state index contributed by atoms with van der Waals surface area (Å²) in [5.41, 5.74) is 2.99. The van der Waals surface area contributed by atoms with Crippen LogP contribution in [0.1, 0.15) is 146 Å². The summed E-state index contributed by atoms with van der Waals surface area (Å²) in [6.45, 7) is 44.7. The molecule has 18 nitrogen and oxygen atoms in total. The molecule has 0 saturated carbocycles. The van der Waals surface area contributed by atoms with E-state index in [0.717, 1.165) is 24.5 Å². The number of halogens is 5. The molecule has 0 unspecified atom stereocenters. The molecule has 3 fully saturated rings. The number of anilines is 2. The van der Waals surface area contributed by atoms with Crippen LogP contribution in [-0.4, -0.2) is 150 Å². The number of nitrogens with zero attached hydrogens (tertiary/aromatic N) is 4. The van der Waals surface area contributed by atoms with Crippen molar-refractivity contribution in [3.8, 4) is 11.5 Å². The Kier molecular flexibility index (Phi) is 27.2. The van der Waals surface area contributed by atoms with Crippen LogP contribution in [0, 0.1) is 23.5 Å². The van der Waals surface area contributed by atoms with Crippen molar-refractivity contribution in [3.63, 3.8) is 0 Å². The van der Waals surface area contributed by atoms with Crippen LogP contribution in [0.3, 0.4) is 0 Å². The average Bonchev–Trinajstić information content (AvgIpc) is 1.07. The van der Waals surface area contributed by atoms with Gasteiger partial charge in [-0.25, -0.2) is 18.4 Å². The fraction of sp³-hybridized carbons (Fsp3) is 0.568. The Morgan fingerprint density at radius 2 is 0.970 bits per heavy atom. The van der Waals surface area contributed by atoms with E-state index in [9.17, 15) is 23.6 Å². The molecule has 0 radical (unpaired) electrons. The quantitative estimate of drug-likeness (QED) is 0.0400. The molecule has 0 spiro atoms. The number of aromatic nitrogens is 2. The first kappa shape index (κ1) is 81.9. The minimum absolute atomic E-state index is 0.00664. The van der Waals surface area contributed by atoms with Gasteiger partial charge in [0, 0.05) is 95.6 Å². The van der Waals surface area contributed by atoms with Crippen molar-refractivity contribution in [2.24, 2.45) is 11.8 Å². The second-order valence-electron chi connectivity index (χ2n) is 30.5. The van der Waals surface area contributed by atoms with E-state index in [1.807, 2.05) is 49.0 Å². The van der Waals surface area contributed by atoms with Crippen LogP contribution in [-0.2, 0) is 48.9 Å². The number of morpholine rings is 2. The molecule has 26 heteroatoms. The predicted octanol–water partition coefficient (Wildman–Crippen LogP) is 15.8. The number of carbonyl (C=O) groups excluding carboxylic acids is 2. The smallest absolute Gasteiger partial charge is 0.497 e. The van der Waals surface area contributed by atoms with Gasteiger partial charge in [0.05, 0.1) is 112 Å². The molecular weight excluding hydrogens is 1420 g/mol. The van der Waals surface area contributed by atoms with E-state index >= 15 is 4.39 Å². The van der Waals surface area contributed by atoms with Gasteiger partial charge in [-0.15, -0.1) is 0 Å². The highest BCUT2D eigenvalue weighted by Crippen LogP contribution is 2.42. The molecule has 100 heavy (non-hydrogen) atoms. The first-order valence-corrected chi connectivity index (χ1v) is 41.8. The zero-order valence-electron chi connectivity index (χ0n) is 62.5. The average molecular weight is 1530 g/mol. The normalized spacial score (nSPS) is 16.5. The molecule has 3 aliphatic heterocycles. The number of hydrogen-bond donors (Lipinski definition) is 0. The maximum absolute atomic E-state index is 15.4. The fourth-order valence-corrected chi connectivity index (χ4v) is 14.4. The van der Waals surface area contributed by atoms with Crippen LogP contribution < -0.4 is 35.6 Å². The lowest BCUT2D eigenvalue weighted by Gasteiger charge is -2.38. The van der Waals surface area contributed by atoms with Gasteiger partial charge in [-0.2, -0.15) is 0 Å². The van der Waals surface area contributed by atoms with Crippen LogP contribution in [0.15, 0.2) is 70.5 Å². The topological polar surface area (TPSA) is 177 Å². The minimum Gasteiger partial charge on any atom is -0.497 e. The second kappa shape index (κ2) is 33.2. The largest absolute Gasteiger partial charge is 0.498 e. The number of alkyl halides is 1. The van der Waals surface area contributed by atoms with E-state index in [-0.39, 0.29) is 67.4 Å². The molecule has 9 rings (SSSR count). The maximum atomic E-state index is 15.4. The molecule has 6 aromatic rings. The van der Waals surface area contributed by atoms with Gasteiger partial charge < -0.3 is 65.5 Å². The zero-order chi connectivity index (χ0) is 74.5. The maximum Gasteiger partial charge on any atom is 0.498 e. The molecule has 2 aromatic heterocycles. The number of esters is 2. The van der Waals surface area contributed by atoms with E-state index in [2.05, 4.69) is 121 Å². The summed E-state index contributed by atoms with van der Waals surface area (Å²) in [6.07, 6.45) is 3.29. The second-order valence-corrected chi connectivity index (χ2v) is 41.5. The van der Waals surface area contributed by atoms with Crippen LogP contribution in [0.25, 0.3) is 21.8 Å². The summed E-state index contributed by atoms with van der Waals surface area (Å²) in [5, 5.41) is 1.38. The summed E-state index contributed by atoms with van der Waals surface area (Å²) in [7, 11) is 0.743. The lowest BCUT2D eigenvalue weighted by molar-refractivity contribution is 0.00578. The fourth-order valence-electron chi connectivity index (χ4n) is 11.4. The molecule has 3 saturated heterocycles. The van der Waals surface area contributed by atoms with Gasteiger partial charge in [0.1, 0.15) is 34.3 Å². The highest BCUT2D eigenvalue weighted by molar-refractivity contribution is 9.08. The zero-order valence-corrected chi connectivity index (χ0v) is 67.6. The highest BCUT2D eigenvalue weighted by atomic mass is 79.9. The van der Waals surface area contributed by atoms with Gasteiger partial charge in [-0.1, -0.05) is 108 Å². The molecule has 550 valence electrons. The Morgan fingerprint density at radius 3 is 1.34 bits per heavy atom. The van der Waals surface area contributed by atoms with Crippen molar-refractivity contribution >= 4 is 113 Å². The first-order valence-electron chi connectivity index (χ1n) is 34.1. The summed E-state index contributed by atoms with van der Waals surface area (Å²) >= 11 is 15.5. The lowest BCUT2D eigenvalue weighted by Crippen LogP contribution is -2.42. The van der Waals surface area contributed by atoms with Crippen molar-refractivity contribution in [2.45, 2.75) is 168 Å². The summed E-state index contributed by atoms with van der Waals surface area (Å²) in [4.78, 5) is 57.4. The van der Waals surface area contributed by atoms with E-state index in [0.29, 0.717) is 114 Å². The van der Waals surface area contributed by atoms with Gasteiger partial charge in [0.2, 0.25) is 10.9 Å². The molecule has 2 atom stereocenters. The van der Waals surface area contributed by atoms with Gasteiger partial charge >= 0.3 is 19.1 Å². The molecule has 0 bridgehead atoms. The van der Waals surface area contributed by atoms with E-state index in [4.69, 9.17) is 69.8 Å². The van der Waals surface area contributed by atoms with Crippen molar-refractivity contribution in [1.82, 2.24) is 9.13 Å². The van der Waals surface area contributed by atoms with Gasteiger partial charge in [0.25, 0.3) is 0 Å². The van der Waals surface area contributed by atoms with Crippen molar-refractivity contribution in [2.75, 3.05) is 104 Å². The summed E-state index contributed by atoms with van der Waals surface area (Å²) < 4.78 is 91.1. The van der Waals surface area contributed by atoms with Gasteiger partial charge in [0.15, 0.2) is 16.6 Å². The number of fused-ring (bicyclic) bond motifs is 2. The molecule has 0 N–H and O–H groups in total. The third-order valence-electron chi connectivity index (χ3n) is 20.7.